The molecule has 0 fully saturated rings. The predicted octanol–water partition coefficient (Wildman–Crippen LogP) is 4.22. The van der Waals surface area contributed by atoms with Gasteiger partial charge in [0, 0.05) is 29.3 Å². The molecular weight excluding hydrogens is 262 g/mol. The van der Waals surface area contributed by atoms with E-state index in [-0.39, 0.29) is 6.10 Å². The van der Waals surface area contributed by atoms with Crippen LogP contribution >= 0.6 is 0 Å². The number of fused-ring (bicyclic) bond motifs is 1. The molecule has 2 aromatic carbocycles. The van der Waals surface area contributed by atoms with Crippen LogP contribution in [0.15, 0.2) is 48.5 Å². The van der Waals surface area contributed by atoms with Gasteiger partial charge in [-0.2, -0.15) is 0 Å². The number of aromatic nitrogens is 1. The Morgan fingerprint density at radius 1 is 0.952 bits per heavy atom. The van der Waals surface area contributed by atoms with Crippen molar-refractivity contribution < 1.29 is 9.47 Å². The van der Waals surface area contributed by atoms with E-state index in [1.807, 2.05) is 30.3 Å². The second-order valence-corrected chi connectivity index (χ2v) is 5.10. The van der Waals surface area contributed by atoms with Crippen molar-refractivity contribution in [1.82, 2.24) is 4.98 Å². The van der Waals surface area contributed by atoms with Crippen LogP contribution in [0.25, 0.3) is 10.9 Å². The molecule has 0 aliphatic carbocycles. The summed E-state index contributed by atoms with van der Waals surface area (Å²) < 4.78 is 11.0. The van der Waals surface area contributed by atoms with E-state index < -0.39 is 0 Å². The number of hydrogen-bond donors (Lipinski definition) is 1. The van der Waals surface area contributed by atoms with E-state index >= 15 is 0 Å². The molecule has 3 aromatic rings. The highest BCUT2D eigenvalue weighted by molar-refractivity contribution is 5.85. The van der Waals surface area contributed by atoms with E-state index in [1.54, 1.807) is 14.2 Å². The van der Waals surface area contributed by atoms with Crippen molar-refractivity contribution in [2.24, 2.45) is 0 Å². The summed E-state index contributed by atoms with van der Waals surface area (Å²) in [7, 11) is 3.42. The molecule has 1 heterocycles. The Labute approximate surface area is 124 Å². The smallest absolute Gasteiger partial charge is 0.118 e. The van der Waals surface area contributed by atoms with E-state index in [4.69, 9.17) is 9.47 Å². The van der Waals surface area contributed by atoms with Crippen molar-refractivity contribution in [2.45, 2.75) is 13.0 Å². The van der Waals surface area contributed by atoms with Crippen molar-refractivity contribution in [3.63, 3.8) is 0 Å². The maximum Gasteiger partial charge on any atom is 0.118 e. The van der Waals surface area contributed by atoms with Crippen LogP contribution < -0.4 is 4.74 Å². The van der Waals surface area contributed by atoms with Gasteiger partial charge in [0.05, 0.1) is 7.11 Å². The molecule has 0 bridgehead atoms. The molecule has 1 aromatic heterocycles. The average molecular weight is 281 g/mol. The van der Waals surface area contributed by atoms with Gasteiger partial charge in [-0.3, -0.25) is 0 Å². The number of para-hydroxylation sites is 1. The first-order valence-corrected chi connectivity index (χ1v) is 6.98. The van der Waals surface area contributed by atoms with Crippen molar-refractivity contribution in [1.29, 1.82) is 0 Å². The van der Waals surface area contributed by atoms with E-state index in [2.05, 4.69) is 30.1 Å². The maximum atomic E-state index is 5.78. The standard InChI is InChI=1S/C18H19NO2/c1-12-17(15-6-4-5-7-16(15)19-12)18(21-3)13-8-10-14(20-2)11-9-13/h4-11,18-19H,1-3H3. The molecule has 0 aliphatic rings. The summed E-state index contributed by atoms with van der Waals surface area (Å²) in [4.78, 5) is 3.43. The molecule has 1 atom stereocenters. The Morgan fingerprint density at radius 2 is 1.67 bits per heavy atom. The van der Waals surface area contributed by atoms with Crippen LogP contribution in [0.4, 0.5) is 0 Å². The number of ether oxygens (including phenoxy) is 2. The lowest BCUT2D eigenvalue weighted by molar-refractivity contribution is 0.137. The van der Waals surface area contributed by atoms with Crippen LogP contribution in [0.1, 0.15) is 22.9 Å². The number of aromatic amines is 1. The van der Waals surface area contributed by atoms with Gasteiger partial charge in [0.1, 0.15) is 11.9 Å². The van der Waals surface area contributed by atoms with Gasteiger partial charge in [0.25, 0.3) is 0 Å². The second kappa shape index (κ2) is 5.62. The minimum absolute atomic E-state index is 0.0907. The lowest BCUT2D eigenvalue weighted by Crippen LogP contribution is -2.04. The molecule has 3 nitrogen and oxygen atoms in total. The number of aryl methyl sites for hydroxylation is 1. The average Bonchev–Trinajstić information content (AvgIpc) is 2.85. The third-order valence-electron chi connectivity index (χ3n) is 3.86. The van der Waals surface area contributed by atoms with Gasteiger partial charge < -0.3 is 14.5 Å². The Bertz CT molecular complexity index is 744. The Morgan fingerprint density at radius 3 is 2.33 bits per heavy atom. The van der Waals surface area contributed by atoms with Crippen LogP contribution in [-0.2, 0) is 4.74 Å². The van der Waals surface area contributed by atoms with Crippen molar-refractivity contribution >= 4 is 10.9 Å². The van der Waals surface area contributed by atoms with E-state index in [1.165, 1.54) is 10.9 Å². The molecule has 0 saturated heterocycles. The summed E-state index contributed by atoms with van der Waals surface area (Å²) >= 11 is 0. The fourth-order valence-corrected chi connectivity index (χ4v) is 2.84. The zero-order valence-electron chi connectivity index (χ0n) is 12.5. The normalized spacial score (nSPS) is 12.5. The molecule has 0 radical (unpaired) electrons. The number of hydrogen-bond acceptors (Lipinski definition) is 2. The molecule has 0 aliphatic heterocycles. The highest BCUT2D eigenvalue weighted by Crippen LogP contribution is 2.34. The monoisotopic (exact) mass is 281 g/mol. The molecule has 0 spiro atoms. The molecular formula is C18H19NO2. The zero-order chi connectivity index (χ0) is 14.8. The summed E-state index contributed by atoms with van der Waals surface area (Å²) in [5.74, 6) is 0.851. The Balaban J connectivity index is 2.11. The third-order valence-corrected chi connectivity index (χ3v) is 3.86. The number of H-pyrrole nitrogens is 1. The van der Waals surface area contributed by atoms with Crippen molar-refractivity contribution in [2.75, 3.05) is 14.2 Å². The molecule has 3 heteroatoms. The highest BCUT2D eigenvalue weighted by Gasteiger charge is 2.20. The van der Waals surface area contributed by atoms with Crippen LogP contribution in [0.3, 0.4) is 0 Å². The van der Waals surface area contributed by atoms with Gasteiger partial charge in [-0.05, 0) is 30.7 Å². The predicted molar refractivity (Wildman–Crippen MR) is 84.9 cm³/mol. The number of methoxy groups -OCH3 is 2. The van der Waals surface area contributed by atoms with Gasteiger partial charge in [0.2, 0.25) is 0 Å². The Kier molecular flexibility index (Phi) is 3.67. The highest BCUT2D eigenvalue weighted by atomic mass is 16.5. The van der Waals surface area contributed by atoms with Crippen molar-refractivity contribution in [3.05, 3.63) is 65.4 Å². The number of benzene rings is 2. The van der Waals surface area contributed by atoms with Crippen LogP contribution in [0.5, 0.6) is 5.75 Å². The van der Waals surface area contributed by atoms with Gasteiger partial charge in [-0.15, -0.1) is 0 Å². The Hall–Kier alpha value is -2.26. The van der Waals surface area contributed by atoms with Crippen LogP contribution in [0, 0.1) is 6.92 Å². The SMILES string of the molecule is COc1ccc(C(OC)c2c(C)[nH]c3ccccc23)cc1. The summed E-state index contributed by atoms with van der Waals surface area (Å²) in [6, 6.07) is 16.3. The lowest BCUT2D eigenvalue weighted by atomic mass is 9.98. The second-order valence-electron chi connectivity index (χ2n) is 5.10. The van der Waals surface area contributed by atoms with Crippen LogP contribution in [0.2, 0.25) is 0 Å². The minimum Gasteiger partial charge on any atom is -0.497 e. The zero-order valence-corrected chi connectivity index (χ0v) is 12.5. The first kappa shape index (κ1) is 13.7. The lowest BCUT2D eigenvalue weighted by Gasteiger charge is -2.17. The molecule has 108 valence electrons. The topological polar surface area (TPSA) is 34.2 Å². The quantitative estimate of drug-likeness (QED) is 0.777. The first-order valence-electron chi connectivity index (χ1n) is 6.98. The number of nitrogens with one attached hydrogen (secondary N) is 1. The van der Waals surface area contributed by atoms with E-state index in [0.29, 0.717) is 0 Å². The van der Waals surface area contributed by atoms with Crippen molar-refractivity contribution in [3.8, 4) is 5.75 Å². The molecule has 3 rings (SSSR count). The van der Waals surface area contributed by atoms with Crippen LogP contribution in [-0.4, -0.2) is 19.2 Å². The summed E-state index contributed by atoms with van der Waals surface area (Å²) in [5.41, 5.74) is 4.59. The fourth-order valence-electron chi connectivity index (χ4n) is 2.84. The minimum atomic E-state index is -0.0907. The van der Waals surface area contributed by atoms with Gasteiger partial charge in [-0.1, -0.05) is 30.3 Å². The molecule has 1 unspecified atom stereocenters. The molecule has 0 saturated carbocycles. The van der Waals surface area contributed by atoms with E-state index in [0.717, 1.165) is 22.5 Å². The maximum absolute atomic E-state index is 5.78. The van der Waals surface area contributed by atoms with E-state index in [9.17, 15) is 0 Å². The van der Waals surface area contributed by atoms with Gasteiger partial charge in [-0.25, -0.2) is 0 Å². The summed E-state index contributed by atoms with van der Waals surface area (Å²) in [6.45, 7) is 2.09. The summed E-state index contributed by atoms with van der Waals surface area (Å²) in [6.07, 6.45) is -0.0907. The first-order chi connectivity index (χ1) is 10.2. The van der Waals surface area contributed by atoms with Gasteiger partial charge in [0.15, 0.2) is 0 Å². The molecule has 1 N–H and O–H groups in total. The summed E-state index contributed by atoms with van der Waals surface area (Å²) in [5, 5.41) is 1.21. The molecule has 0 amide bonds. The fraction of sp³-hybridized carbons (Fsp3) is 0.222. The van der Waals surface area contributed by atoms with Gasteiger partial charge >= 0.3 is 0 Å². The third kappa shape index (κ3) is 2.41. The number of rotatable bonds is 4. The molecule has 21 heavy (non-hydrogen) atoms. The largest absolute Gasteiger partial charge is 0.497 e.